The van der Waals surface area contributed by atoms with E-state index in [1.165, 1.54) is 11.1 Å². The summed E-state index contributed by atoms with van der Waals surface area (Å²) in [5.74, 6) is 0.617. The molecule has 1 aliphatic rings. The van der Waals surface area contributed by atoms with Crippen LogP contribution in [0, 0.1) is 0 Å². The van der Waals surface area contributed by atoms with E-state index < -0.39 is 0 Å². The topological polar surface area (TPSA) is 12.0 Å². The predicted molar refractivity (Wildman–Crippen MR) is 74.5 cm³/mol. The van der Waals surface area contributed by atoms with Crippen LogP contribution < -0.4 is 5.32 Å². The van der Waals surface area contributed by atoms with Crippen LogP contribution in [0.15, 0.2) is 36.4 Å². The summed E-state index contributed by atoms with van der Waals surface area (Å²) >= 11 is 0. The zero-order chi connectivity index (χ0) is 12.3. The number of allylic oxidation sites excluding steroid dienone is 2. The van der Waals surface area contributed by atoms with Gasteiger partial charge in [-0.3, -0.25) is 0 Å². The lowest BCUT2D eigenvalue weighted by Gasteiger charge is -2.30. The van der Waals surface area contributed by atoms with Gasteiger partial charge < -0.3 is 5.32 Å². The van der Waals surface area contributed by atoms with Crippen molar-refractivity contribution in [2.75, 3.05) is 13.6 Å². The molecule has 0 atom stereocenters. The highest BCUT2D eigenvalue weighted by Gasteiger charge is 2.31. The third kappa shape index (κ3) is 2.44. The molecule has 1 heteroatoms. The SMILES string of the molecule is CNCC1(c2ccc(C(C)C)cc2)CC=CC1. The van der Waals surface area contributed by atoms with E-state index in [0.29, 0.717) is 11.3 Å². The van der Waals surface area contributed by atoms with Gasteiger partial charge in [-0.25, -0.2) is 0 Å². The highest BCUT2D eigenvalue weighted by molar-refractivity contribution is 5.34. The number of hydrogen-bond donors (Lipinski definition) is 1. The monoisotopic (exact) mass is 229 g/mol. The van der Waals surface area contributed by atoms with E-state index in [9.17, 15) is 0 Å². The van der Waals surface area contributed by atoms with Crippen LogP contribution in [0.5, 0.6) is 0 Å². The van der Waals surface area contributed by atoms with Crippen molar-refractivity contribution in [1.29, 1.82) is 0 Å². The first-order chi connectivity index (χ1) is 8.18. The molecule has 0 heterocycles. The van der Waals surface area contributed by atoms with Crippen LogP contribution in [0.4, 0.5) is 0 Å². The first-order valence-electron chi connectivity index (χ1n) is 6.58. The highest BCUT2D eigenvalue weighted by Crippen LogP contribution is 2.36. The third-order valence-corrected chi connectivity index (χ3v) is 3.89. The Labute approximate surface area is 105 Å². The minimum atomic E-state index is 0.296. The minimum Gasteiger partial charge on any atom is -0.319 e. The lowest BCUT2D eigenvalue weighted by atomic mass is 9.77. The fraction of sp³-hybridized carbons (Fsp3) is 0.500. The molecule has 92 valence electrons. The van der Waals surface area contributed by atoms with Crippen molar-refractivity contribution < 1.29 is 0 Å². The smallest absolute Gasteiger partial charge is 0.0146 e. The summed E-state index contributed by atoms with van der Waals surface area (Å²) < 4.78 is 0. The van der Waals surface area contributed by atoms with E-state index in [0.717, 1.165) is 19.4 Å². The molecular weight excluding hydrogens is 206 g/mol. The van der Waals surface area contributed by atoms with Gasteiger partial charge in [0.2, 0.25) is 0 Å². The van der Waals surface area contributed by atoms with Gasteiger partial charge in [-0.05, 0) is 36.9 Å². The van der Waals surface area contributed by atoms with Crippen LogP contribution in [0.2, 0.25) is 0 Å². The van der Waals surface area contributed by atoms with Crippen LogP contribution in [0.3, 0.4) is 0 Å². The molecule has 2 rings (SSSR count). The van der Waals surface area contributed by atoms with Crippen molar-refractivity contribution in [2.24, 2.45) is 0 Å². The average Bonchev–Trinajstić information content (AvgIpc) is 2.79. The van der Waals surface area contributed by atoms with Crippen molar-refractivity contribution in [1.82, 2.24) is 5.32 Å². The van der Waals surface area contributed by atoms with Crippen LogP contribution in [0.1, 0.15) is 43.7 Å². The Kier molecular flexibility index (Phi) is 3.68. The van der Waals surface area contributed by atoms with Crippen LogP contribution in [0.25, 0.3) is 0 Å². The van der Waals surface area contributed by atoms with Crippen molar-refractivity contribution in [2.45, 2.75) is 38.0 Å². The molecule has 0 amide bonds. The number of likely N-dealkylation sites (N-methyl/N-ethyl adjacent to an activating group) is 1. The van der Waals surface area contributed by atoms with Gasteiger partial charge in [0, 0.05) is 12.0 Å². The summed E-state index contributed by atoms with van der Waals surface area (Å²) in [7, 11) is 2.04. The Hall–Kier alpha value is -1.08. The Morgan fingerprint density at radius 3 is 2.18 bits per heavy atom. The lowest BCUT2D eigenvalue weighted by Crippen LogP contribution is -2.34. The van der Waals surface area contributed by atoms with E-state index in [1.54, 1.807) is 0 Å². The van der Waals surface area contributed by atoms with Gasteiger partial charge in [-0.15, -0.1) is 0 Å². The second-order valence-electron chi connectivity index (χ2n) is 5.47. The molecule has 0 unspecified atom stereocenters. The number of rotatable bonds is 4. The molecule has 0 saturated heterocycles. The van der Waals surface area contributed by atoms with Crippen molar-refractivity contribution in [3.63, 3.8) is 0 Å². The fourth-order valence-corrected chi connectivity index (χ4v) is 2.74. The Morgan fingerprint density at radius 1 is 1.12 bits per heavy atom. The van der Waals surface area contributed by atoms with E-state index in [4.69, 9.17) is 0 Å². The average molecular weight is 229 g/mol. The molecule has 0 saturated carbocycles. The third-order valence-electron chi connectivity index (χ3n) is 3.89. The Balaban J connectivity index is 2.25. The Morgan fingerprint density at radius 2 is 1.71 bits per heavy atom. The van der Waals surface area contributed by atoms with Gasteiger partial charge in [0.15, 0.2) is 0 Å². The Bertz CT molecular complexity index is 378. The molecule has 0 radical (unpaired) electrons. The van der Waals surface area contributed by atoms with Gasteiger partial charge in [0.25, 0.3) is 0 Å². The molecule has 0 aliphatic heterocycles. The summed E-state index contributed by atoms with van der Waals surface area (Å²) in [6.45, 7) is 5.55. The lowest BCUT2D eigenvalue weighted by molar-refractivity contribution is 0.436. The molecule has 1 nitrogen and oxygen atoms in total. The summed E-state index contributed by atoms with van der Waals surface area (Å²) in [6, 6.07) is 9.21. The van der Waals surface area contributed by atoms with Gasteiger partial charge in [-0.1, -0.05) is 50.3 Å². The molecule has 1 aliphatic carbocycles. The van der Waals surface area contributed by atoms with Crippen LogP contribution >= 0.6 is 0 Å². The summed E-state index contributed by atoms with van der Waals surface area (Å²) in [5.41, 5.74) is 3.20. The molecule has 1 N–H and O–H groups in total. The second-order valence-corrected chi connectivity index (χ2v) is 5.47. The zero-order valence-corrected chi connectivity index (χ0v) is 11.2. The normalized spacial score (nSPS) is 17.9. The maximum absolute atomic E-state index is 3.35. The first-order valence-corrected chi connectivity index (χ1v) is 6.58. The van der Waals surface area contributed by atoms with Crippen molar-refractivity contribution in [3.8, 4) is 0 Å². The molecule has 0 spiro atoms. The van der Waals surface area contributed by atoms with Gasteiger partial charge in [0.05, 0.1) is 0 Å². The largest absolute Gasteiger partial charge is 0.319 e. The highest BCUT2D eigenvalue weighted by atomic mass is 14.8. The summed E-state index contributed by atoms with van der Waals surface area (Å²) in [5, 5.41) is 3.35. The van der Waals surface area contributed by atoms with Gasteiger partial charge >= 0.3 is 0 Å². The molecular formula is C16H23N. The number of hydrogen-bond acceptors (Lipinski definition) is 1. The summed E-state index contributed by atoms with van der Waals surface area (Å²) in [4.78, 5) is 0. The van der Waals surface area contributed by atoms with E-state index in [-0.39, 0.29) is 0 Å². The standard InChI is InChI=1S/C16H23N/c1-13(2)14-6-8-15(9-7-14)16(12-17-3)10-4-5-11-16/h4-9,13,17H,10-12H2,1-3H3. The molecule has 17 heavy (non-hydrogen) atoms. The maximum Gasteiger partial charge on any atom is 0.0146 e. The second kappa shape index (κ2) is 5.05. The van der Waals surface area contributed by atoms with Crippen molar-refractivity contribution in [3.05, 3.63) is 47.5 Å². The summed E-state index contributed by atoms with van der Waals surface area (Å²) in [6.07, 6.45) is 6.95. The van der Waals surface area contributed by atoms with E-state index in [1.807, 2.05) is 7.05 Å². The van der Waals surface area contributed by atoms with E-state index in [2.05, 4.69) is 55.6 Å². The quantitative estimate of drug-likeness (QED) is 0.778. The molecule has 1 aromatic carbocycles. The fourth-order valence-electron chi connectivity index (χ4n) is 2.74. The van der Waals surface area contributed by atoms with Gasteiger partial charge in [-0.2, -0.15) is 0 Å². The molecule has 1 aromatic rings. The molecule has 0 bridgehead atoms. The predicted octanol–water partition coefficient (Wildman–Crippen LogP) is 3.62. The first kappa shape index (κ1) is 12.4. The van der Waals surface area contributed by atoms with Crippen molar-refractivity contribution >= 4 is 0 Å². The number of nitrogens with one attached hydrogen (secondary N) is 1. The van der Waals surface area contributed by atoms with Crippen LogP contribution in [-0.2, 0) is 5.41 Å². The molecule has 0 aromatic heterocycles. The van der Waals surface area contributed by atoms with Crippen LogP contribution in [-0.4, -0.2) is 13.6 Å². The molecule has 0 fully saturated rings. The zero-order valence-electron chi connectivity index (χ0n) is 11.2. The number of benzene rings is 1. The minimum absolute atomic E-state index is 0.296. The van der Waals surface area contributed by atoms with Gasteiger partial charge in [0.1, 0.15) is 0 Å². The van der Waals surface area contributed by atoms with E-state index >= 15 is 0 Å². The maximum atomic E-state index is 3.35.